The molecule has 5 nitrogen and oxygen atoms in total. The summed E-state index contributed by atoms with van der Waals surface area (Å²) in [6, 6.07) is 12.0. The second kappa shape index (κ2) is 7.42. The molecule has 0 aromatic heterocycles. The van der Waals surface area contributed by atoms with Gasteiger partial charge < -0.3 is 19.9 Å². The Kier molecular flexibility index (Phi) is 5.07. The largest absolute Gasteiger partial charge is 0.495 e. The maximum Gasteiger partial charge on any atom is 0.322 e. The van der Waals surface area contributed by atoms with Crippen LogP contribution in [0.5, 0.6) is 5.75 Å². The number of carbonyl (C=O) groups excluding carboxylic acids is 1. The molecule has 132 valence electrons. The van der Waals surface area contributed by atoms with Gasteiger partial charge in [0.05, 0.1) is 18.5 Å². The van der Waals surface area contributed by atoms with E-state index in [1.54, 1.807) is 30.2 Å². The number of carbonyl (C=O) groups is 1. The Morgan fingerprint density at radius 2 is 1.84 bits per heavy atom. The topological polar surface area (TPSA) is 44.8 Å². The van der Waals surface area contributed by atoms with Crippen molar-refractivity contribution in [2.24, 2.45) is 0 Å². The quantitative estimate of drug-likeness (QED) is 0.928. The fourth-order valence-electron chi connectivity index (χ4n) is 2.95. The first kappa shape index (κ1) is 17.1. The molecule has 0 bridgehead atoms. The minimum Gasteiger partial charge on any atom is -0.495 e. The minimum atomic E-state index is -0.431. The molecule has 0 aliphatic carbocycles. The van der Waals surface area contributed by atoms with Gasteiger partial charge in [-0.05, 0) is 36.8 Å². The van der Waals surface area contributed by atoms with E-state index in [1.165, 1.54) is 6.07 Å². The Balaban J connectivity index is 1.63. The number of methoxy groups -OCH3 is 1. The number of hydrogen-bond donors (Lipinski definition) is 1. The molecule has 1 fully saturated rings. The number of nitrogens with one attached hydrogen (secondary N) is 1. The van der Waals surface area contributed by atoms with Gasteiger partial charge in [-0.2, -0.15) is 0 Å². The highest BCUT2D eigenvalue weighted by Gasteiger charge is 2.23. The van der Waals surface area contributed by atoms with Crippen molar-refractivity contribution in [1.82, 2.24) is 4.90 Å². The van der Waals surface area contributed by atoms with Crippen LogP contribution in [0, 0.1) is 12.7 Å². The lowest BCUT2D eigenvalue weighted by Crippen LogP contribution is -2.50. The van der Waals surface area contributed by atoms with Crippen LogP contribution in [0.4, 0.5) is 20.6 Å². The zero-order valence-corrected chi connectivity index (χ0v) is 14.5. The molecule has 2 amide bonds. The van der Waals surface area contributed by atoms with Gasteiger partial charge in [0.25, 0.3) is 0 Å². The van der Waals surface area contributed by atoms with Gasteiger partial charge in [-0.15, -0.1) is 0 Å². The summed E-state index contributed by atoms with van der Waals surface area (Å²) in [7, 11) is 1.66. The Morgan fingerprint density at radius 1 is 1.12 bits per heavy atom. The number of halogens is 1. The molecule has 2 aromatic carbocycles. The molecule has 25 heavy (non-hydrogen) atoms. The van der Waals surface area contributed by atoms with Crippen molar-refractivity contribution in [3.8, 4) is 5.75 Å². The SMILES string of the molecule is COc1ccc(C)cc1N1CCN(C(=O)Nc2ccccc2F)CC1. The van der Waals surface area contributed by atoms with Gasteiger partial charge in [-0.25, -0.2) is 9.18 Å². The van der Waals surface area contributed by atoms with Crippen LogP contribution in [0.3, 0.4) is 0 Å². The Labute approximate surface area is 147 Å². The van der Waals surface area contributed by atoms with E-state index in [9.17, 15) is 9.18 Å². The van der Waals surface area contributed by atoms with Crippen molar-refractivity contribution in [2.75, 3.05) is 43.5 Å². The van der Waals surface area contributed by atoms with Crippen LogP contribution in [0.15, 0.2) is 42.5 Å². The van der Waals surface area contributed by atoms with Gasteiger partial charge in [0.15, 0.2) is 0 Å². The summed E-state index contributed by atoms with van der Waals surface area (Å²) in [5.41, 5.74) is 2.41. The molecule has 2 aromatic rings. The molecule has 6 heteroatoms. The van der Waals surface area contributed by atoms with E-state index in [-0.39, 0.29) is 11.7 Å². The van der Waals surface area contributed by atoms with Gasteiger partial charge in [0.2, 0.25) is 0 Å². The maximum atomic E-state index is 13.7. The highest BCUT2D eigenvalue weighted by atomic mass is 19.1. The Hall–Kier alpha value is -2.76. The highest BCUT2D eigenvalue weighted by molar-refractivity contribution is 5.89. The third-order valence-electron chi connectivity index (χ3n) is 4.36. The van der Waals surface area contributed by atoms with E-state index in [0.29, 0.717) is 26.2 Å². The molecule has 1 heterocycles. The zero-order chi connectivity index (χ0) is 17.8. The molecule has 0 spiro atoms. The fourth-order valence-corrected chi connectivity index (χ4v) is 2.95. The van der Waals surface area contributed by atoms with Gasteiger partial charge in [0.1, 0.15) is 11.6 Å². The summed E-state index contributed by atoms with van der Waals surface area (Å²) >= 11 is 0. The van der Waals surface area contributed by atoms with Crippen molar-refractivity contribution in [3.63, 3.8) is 0 Å². The number of anilines is 2. The predicted octanol–water partition coefficient (Wildman–Crippen LogP) is 3.50. The molecule has 3 rings (SSSR count). The summed E-state index contributed by atoms with van der Waals surface area (Å²) in [5.74, 6) is 0.397. The van der Waals surface area contributed by atoms with Crippen molar-refractivity contribution < 1.29 is 13.9 Å². The summed E-state index contributed by atoms with van der Waals surface area (Å²) in [4.78, 5) is 16.3. The highest BCUT2D eigenvalue weighted by Crippen LogP contribution is 2.30. The molecule has 0 radical (unpaired) electrons. The van der Waals surface area contributed by atoms with E-state index in [1.807, 2.05) is 19.1 Å². The summed E-state index contributed by atoms with van der Waals surface area (Å²) in [6.07, 6.45) is 0. The van der Waals surface area contributed by atoms with Crippen LogP contribution in [0.2, 0.25) is 0 Å². The average Bonchev–Trinajstić information content (AvgIpc) is 2.63. The summed E-state index contributed by atoms with van der Waals surface area (Å²) < 4.78 is 19.1. The number of aryl methyl sites for hydroxylation is 1. The van der Waals surface area contributed by atoms with Crippen LogP contribution >= 0.6 is 0 Å². The smallest absolute Gasteiger partial charge is 0.322 e. The van der Waals surface area contributed by atoms with Crippen molar-refractivity contribution >= 4 is 17.4 Å². The van der Waals surface area contributed by atoms with Crippen LogP contribution < -0.4 is 15.0 Å². The van der Waals surface area contributed by atoms with Crippen LogP contribution in [0.25, 0.3) is 0 Å². The summed E-state index contributed by atoms with van der Waals surface area (Å²) in [6.45, 7) is 4.57. The molecule has 0 unspecified atom stereocenters. The molecule has 0 atom stereocenters. The lowest BCUT2D eigenvalue weighted by molar-refractivity contribution is 0.208. The second-order valence-corrected chi connectivity index (χ2v) is 6.06. The first-order valence-electron chi connectivity index (χ1n) is 8.28. The molecule has 1 aliphatic heterocycles. The van der Waals surface area contributed by atoms with Crippen LogP contribution in [-0.4, -0.2) is 44.2 Å². The van der Waals surface area contributed by atoms with Crippen LogP contribution in [-0.2, 0) is 0 Å². The Morgan fingerprint density at radius 3 is 2.52 bits per heavy atom. The number of piperazine rings is 1. The van der Waals surface area contributed by atoms with Crippen LogP contribution in [0.1, 0.15) is 5.56 Å². The number of para-hydroxylation sites is 1. The monoisotopic (exact) mass is 343 g/mol. The Bertz CT molecular complexity index is 758. The molecule has 0 saturated carbocycles. The van der Waals surface area contributed by atoms with E-state index in [2.05, 4.69) is 16.3 Å². The first-order chi connectivity index (χ1) is 12.1. The number of ether oxygens (including phenoxy) is 1. The van der Waals surface area contributed by atoms with Crippen molar-refractivity contribution in [1.29, 1.82) is 0 Å². The van der Waals surface area contributed by atoms with E-state index >= 15 is 0 Å². The molecule has 1 aliphatic rings. The lowest BCUT2D eigenvalue weighted by Gasteiger charge is -2.36. The minimum absolute atomic E-state index is 0.204. The average molecular weight is 343 g/mol. The zero-order valence-electron chi connectivity index (χ0n) is 14.5. The van der Waals surface area contributed by atoms with Crippen molar-refractivity contribution in [3.05, 3.63) is 53.8 Å². The predicted molar refractivity (Wildman–Crippen MR) is 96.9 cm³/mol. The maximum absolute atomic E-state index is 13.7. The second-order valence-electron chi connectivity index (χ2n) is 6.06. The summed E-state index contributed by atoms with van der Waals surface area (Å²) in [5, 5.41) is 2.63. The standard InChI is InChI=1S/C19H22FN3O2/c1-14-7-8-18(25-2)17(13-14)22-9-11-23(12-10-22)19(24)21-16-6-4-3-5-15(16)20/h3-8,13H,9-12H2,1-2H3,(H,21,24). The van der Waals surface area contributed by atoms with Gasteiger partial charge in [0, 0.05) is 26.2 Å². The molecular weight excluding hydrogens is 321 g/mol. The third-order valence-corrected chi connectivity index (χ3v) is 4.36. The van der Waals surface area contributed by atoms with E-state index in [4.69, 9.17) is 4.74 Å². The van der Waals surface area contributed by atoms with E-state index < -0.39 is 5.82 Å². The number of nitrogens with zero attached hydrogens (tertiary/aromatic N) is 2. The van der Waals surface area contributed by atoms with Gasteiger partial charge in [-0.1, -0.05) is 18.2 Å². The first-order valence-corrected chi connectivity index (χ1v) is 8.28. The number of benzene rings is 2. The number of rotatable bonds is 3. The van der Waals surface area contributed by atoms with Gasteiger partial charge in [-0.3, -0.25) is 0 Å². The molecule has 1 saturated heterocycles. The number of urea groups is 1. The van der Waals surface area contributed by atoms with Gasteiger partial charge >= 0.3 is 6.03 Å². The fraction of sp³-hybridized carbons (Fsp3) is 0.316. The lowest BCUT2D eigenvalue weighted by atomic mass is 10.1. The number of amides is 2. The number of hydrogen-bond acceptors (Lipinski definition) is 3. The molecular formula is C19H22FN3O2. The van der Waals surface area contributed by atoms with Crippen molar-refractivity contribution in [2.45, 2.75) is 6.92 Å². The van der Waals surface area contributed by atoms with E-state index in [0.717, 1.165) is 17.0 Å². The normalized spacial score (nSPS) is 14.4. The third kappa shape index (κ3) is 3.84. The molecule has 1 N–H and O–H groups in total.